The molecule has 0 radical (unpaired) electrons. The Morgan fingerprint density at radius 1 is 1.06 bits per heavy atom. The van der Waals surface area contributed by atoms with Gasteiger partial charge in [-0.25, -0.2) is 4.98 Å². The van der Waals surface area contributed by atoms with Gasteiger partial charge in [0, 0.05) is 18.5 Å². The van der Waals surface area contributed by atoms with Crippen molar-refractivity contribution in [3.8, 4) is 0 Å². The van der Waals surface area contributed by atoms with Crippen LogP contribution in [0.3, 0.4) is 0 Å². The molecule has 31 heavy (non-hydrogen) atoms. The summed E-state index contributed by atoms with van der Waals surface area (Å²) in [5.74, 6) is 0.950. The number of carbonyl (C=O) groups is 2. The van der Waals surface area contributed by atoms with Crippen molar-refractivity contribution in [3.05, 3.63) is 66.0 Å². The van der Waals surface area contributed by atoms with Gasteiger partial charge in [-0.2, -0.15) is 0 Å². The van der Waals surface area contributed by atoms with E-state index in [1.807, 2.05) is 84.8 Å². The van der Waals surface area contributed by atoms with Gasteiger partial charge in [-0.3, -0.25) is 9.59 Å². The smallest absolute Gasteiger partial charge is 0.243 e. The third-order valence-corrected chi connectivity index (χ3v) is 5.81. The molecule has 1 aliphatic carbocycles. The highest BCUT2D eigenvalue weighted by atomic mass is 16.2. The number of fused-ring (bicyclic) bond motifs is 1. The first-order valence-corrected chi connectivity index (χ1v) is 11.0. The summed E-state index contributed by atoms with van der Waals surface area (Å²) in [4.78, 5) is 32.4. The van der Waals surface area contributed by atoms with Crippen LogP contribution in [0.1, 0.15) is 51.0 Å². The van der Waals surface area contributed by atoms with Crippen molar-refractivity contribution in [2.45, 2.75) is 58.8 Å². The maximum atomic E-state index is 13.4. The molecule has 1 saturated carbocycles. The van der Waals surface area contributed by atoms with Crippen molar-refractivity contribution in [3.63, 3.8) is 0 Å². The molecule has 0 saturated heterocycles. The van der Waals surface area contributed by atoms with Crippen molar-refractivity contribution < 1.29 is 9.59 Å². The maximum Gasteiger partial charge on any atom is 0.243 e. The van der Waals surface area contributed by atoms with Gasteiger partial charge in [0.25, 0.3) is 0 Å². The highest BCUT2D eigenvalue weighted by Gasteiger charge is 2.31. The third-order valence-electron chi connectivity index (χ3n) is 5.81. The van der Waals surface area contributed by atoms with Crippen molar-refractivity contribution in [1.82, 2.24) is 19.8 Å². The lowest BCUT2D eigenvalue weighted by Crippen LogP contribution is -2.39. The molecule has 162 valence electrons. The Hall–Kier alpha value is -3.15. The topological polar surface area (TPSA) is 67.2 Å². The van der Waals surface area contributed by atoms with Crippen LogP contribution in [-0.2, 0) is 22.7 Å². The standard InChI is InChI=1S/C25H30N4O2/c1-17(2)28(15-19-9-5-4-6-10-19)23(30)16-29-22-12-8-7-11-21(22)27-24(29)18(3)26-25(31)20-13-14-20/h4-12,17-18,20H,13-16H2,1-3H3,(H,26,31). The van der Waals surface area contributed by atoms with E-state index in [1.54, 1.807) is 0 Å². The molecular formula is C25H30N4O2. The SMILES string of the molecule is CC(NC(=O)C1CC1)c1nc2ccccc2n1CC(=O)N(Cc1ccccc1)C(C)C. The number of nitrogens with one attached hydrogen (secondary N) is 1. The van der Waals surface area contributed by atoms with E-state index in [-0.39, 0.29) is 36.4 Å². The molecule has 6 nitrogen and oxygen atoms in total. The monoisotopic (exact) mass is 418 g/mol. The lowest BCUT2D eigenvalue weighted by atomic mass is 10.2. The van der Waals surface area contributed by atoms with Crippen LogP contribution in [0, 0.1) is 5.92 Å². The van der Waals surface area contributed by atoms with E-state index in [0.717, 1.165) is 29.4 Å². The number of hydrogen-bond acceptors (Lipinski definition) is 3. The van der Waals surface area contributed by atoms with E-state index in [2.05, 4.69) is 5.32 Å². The number of imidazole rings is 1. The molecule has 4 rings (SSSR count). The molecule has 6 heteroatoms. The van der Waals surface area contributed by atoms with Crippen LogP contribution < -0.4 is 5.32 Å². The number of para-hydroxylation sites is 2. The Bertz CT molecular complexity index is 1070. The van der Waals surface area contributed by atoms with E-state index in [4.69, 9.17) is 4.98 Å². The Morgan fingerprint density at radius 3 is 2.42 bits per heavy atom. The van der Waals surface area contributed by atoms with Crippen molar-refractivity contribution >= 4 is 22.8 Å². The van der Waals surface area contributed by atoms with Crippen LogP contribution in [0.15, 0.2) is 54.6 Å². The summed E-state index contributed by atoms with van der Waals surface area (Å²) >= 11 is 0. The van der Waals surface area contributed by atoms with E-state index in [1.165, 1.54) is 0 Å². The van der Waals surface area contributed by atoms with Crippen LogP contribution in [0.4, 0.5) is 0 Å². The fourth-order valence-corrected chi connectivity index (χ4v) is 3.90. The minimum atomic E-state index is -0.269. The predicted molar refractivity (Wildman–Crippen MR) is 121 cm³/mol. The van der Waals surface area contributed by atoms with Gasteiger partial charge in [0.2, 0.25) is 11.8 Å². The molecular weight excluding hydrogens is 388 g/mol. The molecule has 3 aromatic rings. The second-order valence-electron chi connectivity index (χ2n) is 8.65. The number of carbonyl (C=O) groups excluding carboxylic acids is 2. The zero-order valence-electron chi connectivity index (χ0n) is 18.4. The number of hydrogen-bond donors (Lipinski definition) is 1. The summed E-state index contributed by atoms with van der Waals surface area (Å²) in [5, 5.41) is 3.08. The molecule has 1 aliphatic rings. The summed E-state index contributed by atoms with van der Waals surface area (Å²) in [6.07, 6.45) is 1.91. The molecule has 2 amide bonds. The summed E-state index contributed by atoms with van der Waals surface area (Å²) < 4.78 is 1.95. The fraction of sp³-hybridized carbons (Fsp3) is 0.400. The second-order valence-corrected chi connectivity index (χ2v) is 8.65. The highest BCUT2D eigenvalue weighted by Crippen LogP contribution is 2.30. The van der Waals surface area contributed by atoms with Gasteiger partial charge in [0.05, 0.1) is 17.1 Å². The fourth-order valence-electron chi connectivity index (χ4n) is 3.90. The molecule has 1 unspecified atom stereocenters. The number of amides is 2. The van der Waals surface area contributed by atoms with Crippen LogP contribution in [0.25, 0.3) is 11.0 Å². The summed E-state index contributed by atoms with van der Waals surface area (Å²) in [7, 11) is 0. The van der Waals surface area contributed by atoms with E-state index < -0.39 is 0 Å². The van der Waals surface area contributed by atoms with E-state index >= 15 is 0 Å². The van der Waals surface area contributed by atoms with Gasteiger partial charge in [-0.15, -0.1) is 0 Å². The predicted octanol–water partition coefficient (Wildman–Crippen LogP) is 4.06. The largest absolute Gasteiger partial charge is 0.346 e. The molecule has 0 bridgehead atoms. The Kier molecular flexibility index (Phi) is 6.07. The minimum Gasteiger partial charge on any atom is -0.346 e. The zero-order chi connectivity index (χ0) is 22.0. The number of benzene rings is 2. The summed E-state index contributed by atoms with van der Waals surface area (Å²) in [6, 6.07) is 17.6. The Balaban J connectivity index is 1.61. The first-order valence-electron chi connectivity index (χ1n) is 11.0. The normalized spacial score (nSPS) is 14.6. The zero-order valence-corrected chi connectivity index (χ0v) is 18.4. The first kappa shape index (κ1) is 21.1. The van der Waals surface area contributed by atoms with Crippen molar-refractivity contribution in [2.24, 2.45) is 5.92 Å². The van der Waals surface area contributed by atoms with E-state index in [9.17, 15) is 9.59 Å². The quantitative estimate of drug-likeness (QED) is 0.600. The Morgan fingerprint density at radius 2 is 1.74 bits per heavy atom. The highest BCUT2D eigenvalue weighted by molar-refractivity contribution is 5.83. The summed E-state index contributed by atoms with van der Waals surface area (Å²) in [6.45, 7) is 6.75. The summed E-state index contributed by atoms with van der Waals surface area (Å²) in [5.41, 5.74) is 2.84. The van der Waals surface area contributed by atoms with Crippen LogP contribution in [0.5, 0.6) is 0 Å². The van der Waals surface area contributed by atoms with Crippen LogP contribution in [-0.4, -0.2) is 32.3 Å². The lowest BCUT2D eigenvalue weighted by Gasteiger charge is -2.28. The molecule has 1 N–H and O–H groups in total. The molecule has 2 aromatic carbocycles. The number of nitrogens with zero attached hydrogens (tertiary/aromatic N) is 3. The molecule has 1 fully saturated rings. The van der Waals surface area contributed by atoms with Crippen molar-refractivity contribution in [1.29, 1.82) is 0 Å². The average molecular weight is 419 g/mol. The maximum absolute atomic E-state index is 13.4. The van der Waals surface area contributed by atoms with Gasteiger partial charge in [-0.1, -0.05) is 42.5 Å². The minimum absolute atomic E-state index is 0.0315. The van der Waals surface area contributed by atoms with Gasteiger partial charge in [0.15, 0.2) is 0 Å². The van der Waals surface area contributed by atoms with Crippen LogP contribution in [0.2, 0.25) is 0 Å². The first-order chi connectivity index (χ1) is 14.9. The van der Waals surface area contributed by atoms with E-state index in [0.29, 0.717) is 12.4 Å². The molecule has 0 aliphatic heterocycles. The third kappa shape index (κ3) is 4.79. The second kappa shape index (κ2) is 8.92. The van der Waals surface area contributed by atoms with Gasteiger partial charge >= 0.3 is 0 Å². The average Bonchev–Trinajstić information content (AvgIpc) is 3.55. The number of aromatic nitrogens is 2. The Labute approximate surface area is 183 Å². The molecule has 1 heterocycles. The van der Waals surface area contributed by atoms with Gasteiger partial charge in [-0.05, 0) is 51.3 Å². The van der Waals surface area contributed by atoms with Gasteiger partial charge < -0.3 is 14.8 Å². The van der Waals surface area contributed by atoms with Crippen molar-refractivity contribution in [2.75, 3.05) is 0 Å². The lowest BCUT2D eigenvalue weighted by molar-refractivity contribution is -0.134. The van der Waals surface area contributed by atoms with Gasteiger partial charge in [0.1, 0.15) is 12.4 Å². The molecule has 1 atom stereocenters. The number of rotatable bonds is 8. The molecule has 0 spiro atoms. The van der Waals surface area contributed by atoms with Crippen LogP contribution >= 0.6 is 0 Å². The molecule has 1 aromatic heterocycles.